The standard InChI is InChI=1S/C15H23O13/c16-4-2-27-14(11(23)8(4)20)13(25)15-12(24)10(22)9(21)5(28-15)3-26-7(19)1-6(17)18/h2,4-5,8-16,20-25H,1,3H2,(H,17,18)/t4-,5-,8+,9-,10+,11-,12-,13?,14-,15?/m1/s1. The van der Waals surface area contributed by atoms with Gasteiger partial charge in [-0.05, 0) is 0 Å². The highest BCUT2D eigenvalue weighted by Crippen LogP contribution is 2.29. The Morgan fingerprint density at radius 2 is 1.54 bits per heavy atom. The van der Waals surface area contributed by atoms with Gasteiger partial charge in [-0.2, -0.15) is 0 Å². The quantitative estimate of drug-likeness (QED) is 0.151. The van der Waals surface area contributed by atoms with Crippen molar-refractivity contribution in [3.63, 3.8) is 0 Å². The second-order valence-corrected chi connectivity index (χ2v) is 6.56. The van der Waals surface area contributed by atoms with Crippen LogP contribution in [0.5, 0.6) is 0 Å². The molecule has 2 unspecified atom stereocenters. The topological polar surface area (TPSA) is 224 Å². The van der Waals surface area contributed by atoms with Crippen molar-refractivity contribution in [3.05, 3.63) is 6.61 Å². The summed E-state index contributed by atoms with van der Waals surface area (Å²) in [6, 6.07) is 0. The molecule has 2 rings (SSSR count). The van der Waals surface area contributed by atoms with Crippen LogP contribution in [0, 0.1) is 6.61 Å². The van der Waals surface area contributed by atoms with Gasteiger partial charge in [0.05, 0.1) is 0 Å². The SMILES string of the molecule is O=C(O)CC(=O)OC[C@H]1OC(C(O)[C@@H]2O[CH][C@@H](O)[C@H](O)[C@H]2O)[C@H](O)[C@@H](O)[C@@H]1O. The molecule has 0 aromatic carbocycles. The number of aliphatic hydroxyl groups is 7. The van der Waals surface area contributed by atoms with Crippen LogP contribution in [0.1, 0.15) is 6.42 Å². The monoisotopic (exact) mass is 411 g/mol. The van der Waals surface area contributed by atoms with Crippen LogP contribution in [-0.2, 0) is 23.8 Å². The van der Waals surface area contributed by atoms with Crippen LogP contribution < -0.4 is 0 Å². The molecular weight excluding hydrogens is 388 g/mol. The molecular formula is C15H23O13. The smallest absolute Gasteiger partial charge is 0.317 e. The Kier molecular flexibility index (Phi) is 7.66. The number of carbonyl (C=O) groups excluding carboxylic acids is 1. The molecule has 0 saturated carbocycles. The van der Waals surface area contributed by atoms with E-state index < -0.39 is 86.0 Å². The van der Waals surface area contributed by atoms with E-state index in [1.165, 1.54) is 0 Å². The second kappa shape index (κ2) is 9.39. The first-order valence-electron chi connectivity index (χ1n) is 8.32. The number of aliphatic hydroxyl groups excluding tert-OH is 7. The maximum atomic E-state index is 11.3. The molecule has 1 radical (unpaired) electrons. The molecule has 2 saturated heterocycles. The van der Waals surface area contributed by atoms with Gasteiger partial charge in [-0.15, -0.1) is 0 Å². The summed E-state index contributed by atoms with van der Waals surface area (Å²) in [5.74, 6) is -2.59. The first-order valence-corrected chi connectivity index (χ1v) is 8.32. The number of rotatable bonds is 6. The molecule has 0 aliphatic carbocycles. The summed E-state index contributed by atoms with van der Waals surface area (Å²) in [6.45, 7) is 0.0682. The van der Waals surface area contributed by atoms with Crippen LogP contribution in [0.15, 0.2) is 0 Å². The lowest BCUT2D eigenvalue weighted by Gasteiger charge is -2.45. The summed E-state index contributed by atoms with van der Waals surface area (Å²) >= 11 is 0. The third kappa shape index (κ3) is 4.94. The number of aliphatic carboxylic acids is 1. The van der Waals surface area contributed by atoms with Gasteiger partial charge in [0.1, 0.15) is 80.7 Å². The zero-order valence-electron chi connectivity index (χ0n) is 14.4. The van der Waals surface area contributed by atoms with E-state index in [0.29, 0.717) is 0 Å². The van der Waals surface area contributed by atoms with Gasteiger partial charge in [0, 0.05) is 0 Å². The molecule has 2 fully saturated rings. The van der Waals surface area contributed by atoms with Crippen molar-refractivity contribution in [2.24, 2.45) is 0 Å². The molecule has 13 heteroatoms. The van der Waals surface area contributed by atoms with Gasteiger partial charge in [-0.1, -0.05) is 0 Å². The second-order valence-electron chi connectivity index (χ2n) is 6.56. The molecule has 0 spiro atoms. The molecule has 28 heavy (non-hydrogen) atoms. The lowest BCUT2D eigenvalue weighted by atomic mass is 9.87. The van der Waals surface area contributed by atoms with Crippen molar-refractivity contribution >= 4 is 11.9 Å². The van der Waals surface area contributed by atoms with E-state index in [1.54, 1.807) is 0 Å². The van der Waals surface area contributed by atoms with Crippen LogP contribution in [-0.4, -0.2) is 120 Å². The summed E-state index contributed by atoms with van der Waals surface area (Å²) < 4.78 is 14.9. The van der Waals surface area contributed by atoms with Gasteiger partial charge >= 0.3 is 11.9 Å². The average Bonchev–Trinajstić information content (AvgIpc) is 2.63. The van der Waals surface area contributed by atoms with Crippen molar-refractivity contribution in [1.82, 2.24) is 0 Å². The minimum Gasteiger partial charge on any atom is -0.481 e. The van der Waals surface area contributed by atoms with Crippen LogP contribution in [0.25, 0.3) is 0 Å². The zero-order valence-corrected chi connectivity index (χ0v) is 14.4. The van der Waals surface area contributed by atoms with Crippen molar-refractivity contribution in [2.45, 2.75) is 67.5 Å². The van der Waals surface area contributed by atoms with Crippen LogP contribution >= 0.6 is 0 Å². The number of esters is 1. The fourth-order valence-corrected chi connectivity index (χ4v) is 2.95. The van der Waals surface area contributed by atoms with Crippen molar-refractivity contribution in [1.29, 1.82) is 0 Å². The van der Waals surface area contributed by atoms with Crippen molar-refractivity contribution in [3.8, 4) is 0 Å². The molecule has 10 atom stereocenters. The average molecular weight is 411 g/mol. The normalized spacial score (nSPS) is 42.6. The Bertz CT molecular complexity index is 556. The largest absolute Gasteiger partial charge is 0.481 e. The van der Waals surface area contributed by atoms with Gasteiger partial charge in [0.15, 0.2) is 0 Å². The maximum absolute atomic E-state index is 11.3. The number of ether oxygens (including phenoxy) is 3. The van der Waals surface area contributed by atoms with Gasteiger partial charge < -0.3 is 55.1 Å². The van der Waals surface area contributed by atoms with Gasteiger partial charge in [-0.3, -0.25) is 9.59 Å². The Balaban J connectivity index is 2.06. The van der Waals surface area contributed by atoms with Crippen molar-refractivity contribution < 1.29 is 64.7 Å². The van der Waals surface area contributed by atoms with E-state index in [2.05, 4.69) is 4.74 Å². The minimum absolute atomic E-state index is 0.693. The Labute approximate surface area is 158 Å². The Morgan fingerprint density at radius 3 is 2.14 bits per heavy atom. The zero-order chi connectivity index (χ0) is 21.2. The van der Waals surface area contributed by atoms with Crippen LogP contribution in [0.3, 0.4) is 0 Å². The number of carboxylic acid groups (broad SMARTS) is 1. The van der Waals surface area contributed by atoms with E-state index >= 15 is 0 Å². The first kappa shape index (κ1) is 22.9. The van der Waals surface area contributed by atoms with E-state index in [0.717, 1.165) is 6.61 Å². The highest BCUT2D eigenvalue weighted by atomic mass is 16.6. The summed E-state index contributed by atoms with van der Waals surface area (Å²) in [5.41, 5.74) is 0. The molecule has 0 aromatic rings. The first-order chi connectivity index (χ1) is 13.0. The molecule has 2 aliphatic rings. The van der Waals surface area contributed by atoms with Gasteiger partial charge in [0.25, 0.3) is 0 Å². The van der Waals surface area contributed by atoms with Crippen molar-refractivity contribution in [2.75, 3.05) is 6.61 Å². The lowest BCUT2D eigenvalue weighted by molar-refractivity contribution is -0.273. The fraction of sp³-hybridized carbons (Fsp3) is 0.800. The summed E-state index contributed by atoms with van der Waals surface area (Å²) in [5, 5.41) is 78.0. The minimum atomic E-state index is -1.85. The number of hydrogen-bond acceptors (Lipinski definition) is 12. The van der Waals surface area contributed by atoms with E-state index in [1.807, 2.05) is 0 Å². The Morgan fingerprint density at radius 1 is 0.929 bits per heavy atom. The molecule has 2 heterocycles. The third-order valence-electron chi connectivity index (χ3n) is 4.54. The van der Waals surface area contributed by atoms with Crippen LogP contribution in [0.4, 0.5) is 0 Å². The summed E-state index contributed by atoms with van der Waals surface area (Å²) in [6.07, 6.45) is -17.9. The molecule has 161 valence electrons. The predicted octanol–water partition coefficient (Wildman–Crippen LogP) is -5.14. The number of carboxylic acids is 1. The maximum Gasteiger partial charge on any atom is 0.317 e. The lowest BCUT2D eigenvalue weighted by Crippen LogP contribution is -2.66. The highest BCUT2D eigenvalue weighted by molar-refractivity contribution is 5.90. The van der Waals surface area contributed by atoms with Gasteiger partial charge in [-0.25, -0.2) is 0 Å². The molecule has 2 aliphatic heterocycles. The van der Waals surface area contributed by atoms with Gasteiger partial charge in [0.2, 0.25) is 0 Å². The van der Waals surface area contributed by atoms with E-state index in [4.69, 9.17) is 14.6 Å². The van der Waals surface area contributed by atoms with E-state index in [9.17, 15) is 45.3 Å². The number of hydrogen-bond donors (Lipinski definition) is 8. The Hall–Kier alpha value is -1.42. The molecule has 8 N–H and O–H groups in total. The highest BCUT2D eigenvalue weighted by Gasteiger charge is 2.51. The molecule has 0 bridgehead atoms. The predicted molar refractivity (Wildman–Crippen MR) is 83.1 cm³/mol. The molecule has 13 nitrogen and oxygen atoms in total. The summed E-state index contributed by atoms with van der Waals surface area (Å²) in [4.78, 5) is 21.8. The summed E-state index contributed by atoms with van der Waals surface area (Å²) in [7, 11) is 0. The molecule has 0 aromatic heterocycles. The fourth-order valence-electron chi connectivity index (χ4n) is 2.95. The molecule has 0 amide bonds. The van der Waals surface area contributed by atoms with Crippen LogP contribution in [0.2, 0.25) is 0 Å². The van der Waals surface area contributed by atoms with E-state index in [-0.39, 0.29) is 0 Å². The third-order valence-corrected chi connectivity index (χ3v) is 4.54. The number of carbonyl (C=O) groups is 2.